The Morgan fingerprint density at radius 1 is 0.964 bits per heavy atom. The molecule has 7 heteroatoms. The van der Waals surface area contributed by atoms with Gasteiger partial charge < -0.3 is 20.1 Å². The van der Waals surface area contributed by atoms with Crippen molar-refractivity contribution in [3.8, 4) is 11.5 Å². The Labute approximate surface area is 163 Å². The molecule has 144 valence electrons. The highest BCUT2D eigenvalue weighted by Crippen LogP contribution is 2.17. The van der Waals surface area contributed by atoms with Gasteiger partial charge in [0.25, 0.3) is 5.91 Å². The highest BCUT2D eigenvalue weighted by atomic mass is 16.5. The van der Waals surface area contributed by atoms with Crippen molar-refractivity contribution in [3.63, 3.8) is 0 Å². The van der Waals surface area contributed by atoms with Gasteiger partial charge in [0.1, 0.15) is 23.9 Å². The van der Waals surface area contributed by atoms with Crippen molar-refractivity contribution in [2.24, 2.45) is 0 Å². The Morgan fingerprint density at radius 2 is 1.71 bits per heavy atom. The SMILES string of the molecule is COc1ccc(OCCNc2ccc(C(=O)Nc3ccccc3C)nn2)cc1. The summed E-state index contributed by atoms with van der Waals surface area (Å²) in [5.74, 6) is 1.83. The third-order valence-electron chi connectivity index (χ3n) is 4.03. The molecule has 0 radical (unpaired) electrons. The van der Waals surface area contributed by atoms with E-state index in [-0.39, 0.29) is 11.6 Å². The maximum atomic E-state index is 12.3. The van der Waals surface area contributed by atoms with Crippen molar-refractivity contribution in [1.82, 2.24) is 10.2 Å². The average molecular weight is 378 g/mol. The number of benzene rings is 2. The fourth-order valence-corrected chi connectivity index (χ4v) is 2.47. The van der Waals surface area contributed by atoms with Crippen molar-refractivity contribution in [3.05, 3.63) is 71.9 Å². The van der Waals surface area contributed by atoms with Crippen LogP contribution in [0, 0.1) is 6.92 Å². The number of amides is 1. The molecule has 1 heterocycles. The van der Waals surface area contributed by atoms with E-state index < -0.39 is 0 Å². The summed E-state index contributed by atoms with van der Waals surface area (Å²) in [6, 6.07) is 18.3. The fraction of sp³-hybridized carbons (Fsp3) is 0.190. The van der Waals surface area contributed by atoms with Crippen LogP contribution in [0.2, 0.25) is 0 Å². The van der Waals surface area contributed by atoms with Gasteiger partial charge in [0.05, 0.1) is 13.7 Å². The number of carbonyl (C=O) groups excluding carboxylic acids is 1. The van der Waals surface area contributed by atoms with E-state index in [1.54, 1.807) is 19.2 Å². The first-order valence-electron chi connectivity index (χ1n) is 8.87. The van der Waals surface area contributed by atoms with Crippen molar-refractivity contribution in [2.75, 3.05) is 30.9 Å². The van der Waals surface area contributed by atoms with Gasteiger partial charge in [0, 0.05) is 5.69 Å². The topological polar surface area (TPSA) is 85.4 Å². The molecule has 0 unspecified atom stereocenters. The van der Waals surface area contributed by atoms with Gasteiger partial charge in [-0.25, -0.2) is 0 Å². The standard InChI is InChI=1S/C21H22N4O3/c1-15-5-3-4-6-18(15)23-21(26)19-11-12-20(25-24-19)22-13-14-28-17-9-7-16(27-2)8-10-17/h3-12H,13-14H2,1-2H3,(H,22,25)(H,23,26). The summed E-state index contributed by atoms with van der Waals surface area (Å²) in [6.45, 7) is 2.95. The van der Waals surface area contributed by atoms with E-state index >= 15 is 0 Å². The Hall–Kier alpha value is -3.61. The molecule has 3 rings (SSSR count). The normalized spacial score (nSPS) is 10.2. The summed E-state index contributed by atoms with van der Waals surface area (Å²) in [4.78, 5) is 12.3. The van der Waals surface area contributed by atoms with Crippen LogP contribution in [0.25, 0.3) is 0 Å². The number of hydrogen-bond acceptors (Lipinski definition) is 6. The molecule has 0 aliphatic rings. The maximum absolute atomic E-state index is 12.3. The second-order valence-corrected chi connectivity index (χ2v) is 6.02. The molecule has 2 aromatic carbocycles. The average Bonchev–Trinajstić information content (AvgIpc) is 2.73. The minimum Gasteiger partial charge on any atom is -0.497 e. The molecule has 0 fully saturated rings. The first-order valence-corrected chi connectivity index (χ1v) is 8.87. The number of anilines is 2. The molecule has 0 aliphatic heterocycles. The summed E-state index contributed by atoms with van der Waals surface area (Å²) in [6.07, 6.45) is 0. The van der Waals surface area contributed by atoms with Crippen molar-refractivity contribution >= 4 is 17.4 Å². The Morgan fingerprint density at radius 3 is 2.39 bits per heavy atom. The van der Waals surface area contributed by atoms with Gasteiger partial charge in [-0.15, -0.1) is 10.2 Å². The Kier molecular flexibility index (Phi) is 6.41. The molecule has 0 bridgehead atoms. The molecule has 0 atom stereocenters. The lowest BCUT2D eigenvalue weighted by Crippen LogP contribution is -2.16. The minimum atomic E-state index is -0.295. The fourth-order valence-electron chi connectivity index (χ4n) is 2.47. The molecule has 0 saturated carbocycles. The van der Waals surface area contributed by atoms with Crippen LogP contribution >= 0.6 is 0 Å². The molecular weight excluding hydrogens is 356 g/mol. The van der Waals surface area contributed by atoms with Crippen LogP contribution in [-0.2, 0) is 0 Å². The number of hydrogen-bond donors (Lipinski definition) is 2. The van der Waals surface area contributed by atoms with Gasteiger partial charge in [0.15, 0.2) is 5.69 Å². The maximum Gasteiger partial charge on any atom is 0.276 e. The lowest BCUT2D eigenvalue weighted by molar-refractivity contribution is 0.102. The molecule has 1 amide bonds. The third-order valence-corrected chi connectivity index (χ3v) is 4.03. The molecule has 0 aliphatic carbocycles. The van der Waals surface area contributed by atoms with Crippen molar-refractivity contribution < 1.29 is 14.3 Å². The zero-order valence-corrected chi connectivity index (χ0v) is 15.8. The summed E-state index contributed by atoms with van der Waals surface area (Å²) in [5, 5.41) is 14.0. The highest BCUT2D eigenvalue weighted by Gasteiger charge is 2.09. The van der Waals surface area contributed by atoms with Crippen molar-refractivity contribution in [2.45, 2.75) is 6.92 Å². The summed E-state index contributed by atoms with van der Waals surface area (Å²) < 4.78 is 10.7. The van der Waals surface area contributed by atoms with Gasteiger partial charge in [-0.1, -0.05) is 18.2 Å². The van der Waals surface area contributed by atoms with Crippen LogP contribution in [-0.4, -0.2) is 36.4 Å². The van der Waals surface area contributed by atoms with E-state index in [0.29, 0.717) is 19.0 Å². The predicted molar refractivity (Wildman–Crippen MR) is 108 cm³/mol. The summed E-state index contributed by atoms with van der Waals surface area (Å²) >= 11 is 0. The van der Waals surface area contributed by atoms with E-state index in [2.05, 4.69) is 20.8 Å². The number of aryl methyl sites for hydroxylation is 1. The third kappa shape index (κ3) is 5.20. The van der Waals surface area contributed by atoms with Crippen LogP contribution in [0.1, 0.15) is 16.1 Å². The summed E-state index contributed by atoms with van der Waals surface area (Å²) in [5.41, 5.74) is 1.99. The number of rotatable bonds is 8. The molecule has 0 saturated heterocycles. The smallest absolute Gasteiger partial charge is 0.276 e. The van der Waals surface area contributed by atoms with E-state index in [9.17, 15) is 4.79 Å². The quantitative estimate of drug-likeness (QED) is 0.583. The number of carbonyl (C=O) groups is 1. The van der Waals surface area contributed by atoms with E-state index in [1.165, 1.54) is 0 Å². The zero-order valence-electron chi connectivity index (χ0n) is 15.8. The Bertz CT molecular complexity index is 912. The number of para-hydroxylation sites is 1. The van der Waals surface area contributed by atoms with Crippen LogP contribution < -0.4 is 20.1 Å². The molecule has 0 spiro atoms. The molecule has 1 aromatic heterocycles. The minimum absolute atomic E-state index is 0.253. The van der Waals surface area contributed by atoms with Gasteiger partial charge in [-0.2, -0.15) is 0 Å². The van der Waals surface area contributed by atoms with Crippen LogP contribution in [0.5, 0.6) is 11.5 Å². The molecule has 28 heavy (non-hydrogen) atoms. The number of nitrogens with zero attached hydrogens (tertiary/aromatic N) is 2. The van der Waals surface area contributed by atoms with Gasteiger partial charge in [-0.05, 0) is 55.0 Å². The number of ether oxygens (including phenoxy) is 2. The number of nitrogens with one attached hydrogen (secondary N) is 2. The first-order chi connectivity index (χ1) is 13.7. The lowest BCUT2D eigenvalue weighted by Gasteiger charge is -2.09. The molecular formula is C21H22N4O3. The second-order valence-electron chi connectivity index (χ2n) is 6.02. The molecule has 2 N–H and O–H groups in total. The van der Waals surface area contributed by atoms with Crippen LogP contribution in [0.15, 0.2) is 60.7 Å². The molecule has 3 aromatic rings. The van der Waals surface area contributed by atoms with E-state index in [0.717, 1.165) is 22.7 Å². The van der Waals surface area contributed by atoms with Crippen LogP contribution in [0.3, 0.4) is 0 Å². The first kappa shape index (κ1) is 19.2. The summed E-state index contributed by atoms with van der Waals surface area (Å²) in [7, 11) is 1.62. The lowest BCUT2D eigenvalue weighted by atomic mass is 10.2. The number of aromatic nitrogens is 2. The predicted octanol–water partition coefficient (Wildman–Crippen LogP) is 3.54. The monoisotopic (exact) mass is 378 g/mol. The largest absolute Gasteiger partial charge is 0.497 e. The van der Waals surface area contributed by atoms with Crippen LogP contribution in [0.4, 0.5) is 11.5 Å². The van der Waals surface area contributed by atoms with Gasteiger partial charge >= 0.3 is 0 Å². The van der Waals surface area contributed by atoms with Gasteiger partial charge in [-0.3, -0.25) is 4.79 Å². The molecule has 7 nitrogen and oxygen atoms in total. The van der Waals surface area contributed by atoms with Gasteiger partial charge in [0.2, 0.25) is 0 Å². The van der Waals surface area contributed by atoms with E-state index in [1.807, 2.05) is 55.5 Å². The highest BCUT2D eigenvalue weighted by molar-refractivity contribution is 6.03. The second kappa shape index (κ2) is 9.36. The number of methoxy groups -OCH3 is 1. The van der Waals surface area contributed by atoms with Crippen molar-refractivity contribution in [1.29, 1.82) is 0 Å². The zero-order chi connectivity index (χ0) is 19.8. The van der Waals surface area contributed by atoms with E-state index in [4.69, 9.17) is 9.47 Å². The Balaban J connectivity index is 1.46.